The van der Waals surface area contributed by atoms with E-state index < -0.39 is 9.05 Å². The standard InChI is InChI=1S/C9H12ClN5O3S/c1-14-7(3-4-11-14)8-12-13-9(19(10,16)17)15(8)5-6-18-2/h3-4H,5-6H2,1-2H3. The second-order valence-electron chi connectivity index (χ2n) is 3.73. The van der Waals surface area contributed by atoms with Gasteiger partial charge in [0.25, 0.3) is 14.2 Å². The Labute approximate surface area is 114 Å². The van der Waals surface area contributed by atoms with Crippen molar-refractivity contribution in [3.05, 3.63) is 12.3 Å². The monoisotopic (exact) mass is 305 g/mol. The van der Waals surface area contributed by atoms with Crippen LogP contribution in [0, 0.1) is 0 Å². The summed E-state index contributed by atoms with van der Waals surface area (Å²) in [6, 6.07) is 1.71. The lowest BCUT2D eigenvalue weighted by Gasteiger charge is -2.08. The van der Waals surface area contributed by atoms with Crippen LogP contribution in [0.5, 0.6) is 0 Å². The highest BCUT2D eigenvalue weighted by Gasteiger charge is 2.24. The Morgan fingerprint density at radius 1 is 1.42 bits per heavy atom. The molecule has 104 valence electrons. The maximum absolute atomic E-state index is 11.5. The first-order valence-electron chi connectivity index (χ1n) is 5.30. The van der Waals surface area contributed by atoms with Gasteiger partial charge in [0.15, 0.2) is 5.82 Å². The second kappa shape index (κ2) is 5.27. The first kappa shape index (κ1) is 14.0. The number of halogens is 1. The predicted octanol–water partition coefficient (Wildman–Crippen LogP) is 0.253. The number of hydrogen-bond acceptors (Lipinski definition) is 6. The molecule has 0 bridgehead atoms. The highest BCUT2D eigenvalue weighted by molar-refractivity contribution is 8.13. The number of aromatic nitrogens is 5. The lowest BCUT2D eigenvalue weighted by Crippen LogP contribution is -2.12. The van der Waals surface area contributed by atoms with Gasteiger partial charge in [-0.25, -0.2) is 8.42 Å². The molecule has 19 heavy (non-hydrogen) atoms. The van der Waals surface area contributed by atoms with Crippen LogP contribution in [0.4, 0.5) is 0 Å². The molecule has 8 nitrogen and oxygen atoms in total. The van der Waals surface area contributed by atoms with Gasteiger partial charge in [0, 0.05) is 31.0 Å². The van der Waals surface area contributed by atoms with E-state index in [1.807, 2.05) is 0 Å². The number of hydrogen-bond donors (Lipinski definition) is 0. The van der Waals surface area contributed by atoms with Crippen LogP contribution in [0.15, 0.2) is 17.4 Å². The Hall–Kier alpha value is -1.45. The van der Waals surface area contributed by atoms with Crippen molar-refractivity contribution in [2.24, 2.45) is 7.05 Å². The highest BCUT2D eigenvalue weighted by Crippen LogP contribution is 2.21. The third-order valence-electron chi connectivity index (χ3n) is 2.50. The van der Waals surface area contributed by atoms with E-state index in [0.717, 1.165) is 0 Å². The maximum Gasteiger partial charge on any atom is 0.296 e. The fourth-order valence-electron chi connectivity index (χ4n) is 1.64. The summed E-state index contributed by atoms with van der Waals surface area (Å²) in [6.07, 6.45) is 1.58. The van der Waals surface area contributed by atoms with Crippen LogP contribution in [0.1, 0.15) is 0 Å². The average molecular weight is 306 g/mol. The van der Waals surface area contributed by atoms with Crippen LogP contribution in [-0.2, 0) is 27.4 Å². The number of ether oxygens (including phenoxy) is 1. The zero-order valence-electron chi connectivity index (χ0n) is 10.3. The zero-order chi connectivity index (χ0) is 14.0. The van der Waals surface area contributed by atoms with Crippen molar-refractivity contribution < 1.29 is 13.2 Å². The molecule has 0 unspecified atom stereocenters. The lowest BCUT2D eigenvalue weighted by molar-refractivity contribution is 0.185. The third-order valence-corrected chi connectivity index (χ3v) is 3.66. The topological polar surface area (TPSA) is 91.9 Å². The van der Waals surface area contributed by atoms with Gasteiger partial charge >= 0.3 is 0 Å². The van der Waals surface area contributed by atoms with Gasteiger partial charge in [-0.3, -0.25) is 9.25 Å². The maximum atomic E-state index is 11.5. The van der Waals surface area contributed by atoms with Gasteiger partial charge in [-0.05, 0) is 6.07 Å². The van der Waals surface area contributed by atoms with Gasteiger partial charge in [-0.1, -0.05) is 0 Å². The minimum atomic E-state index is -3.97. The molecule has 10 heteroatoms. The van der Waals surface area contributed by atoms with E-state index in [-0.39, 0.29) is 11.7 Å². The van der Waals surface area contributed by atoms with E-state index in [4.69, 9.17) is 15.4 Å². The lowest BCUT2D eigenvalue weighted by atomic mass is 10.4. The molecule has 0 radical (unpaired) electrons. The van der Waals surface area contributed by atoms with Crippen molar-refractivity contribution >= 4 is 19.7 Å². The summed E-state index contributed by atoms with van der Waals surface area (Å²) in [6.45, 7) is 0.577. The minimum absolute atomic E-state index is 0.269. The first-order valence-corrected chi connectivity index (χ1v) is 7.61. The molecule has 0 amide bonds. The molecule has 0 N–H and O–H groups in total. The molecule has 0 spiro atoms. The summed E-state index contributed by atoms with van der Waals surface area (Å²) in [5, 5.41) is 11.2. The Balaban J connectivity index is 2.56. The van der Waals surface area contributed by atoms with Gasteiger partial charge in [0.05, 0.1) is 13.2 Å². The zero-order valence-corrected chi connectivity index (χ0v) is 11.9. The predicted molar refractivity (Wildman–Crippen MR) is 67.1 cm³/mol. The number of nitrogens with zero attached hydrogens (tertiary/aromatic N) is 5. The van der Waals surface area contributed by atoms with Crippen LogP contribution < -0.4 is 0 Å². The van der Waals surface area contributed by atoms with Gasteiger partial charge in [-0.15, -0.1) is 10.2 Å². The van der Waals surface area contributed by atoms with Gasteiger partial charge < -0.3 is 4.74 Å². The minimum Gasteiger partial charge on any atom is -0.383 e. The van der Waals surface area contributed by atoms with Gasteiger partial charge in [0.1, 0.15) is 5.69 Å². The van der Waals surface area contributed by atoms with Crippen molar-refractivity contribution in [1.29, 1.82) is 0 Å². The quantitative estimate of drug-likeness (QED) is 0.735. The Morgan fingerprint density at radius 2 is 2.16 bits per heavy atom. The van der Waals surface area contributed by atoms with Crippen LogP contribution in [0.3, 0.4) is 0 Å². The van der Waals surface area contributed by atoms with E-state index in [2.05, 4.69) is 15.3 Å². The Morgan fingerprint density at radius 3 is 2.68 bits per heavy atom. The summed E-state index contributed by atoms with van der Waals surface area (Å²) < 4.78 is 30.8. The highest BCUT2D eigenvalue weighted by atomic mass is 35.7. The molecule has 2 heterocycles. The smallest absolute Gasteiger partial charge is 0.296 e. The number of aryl methyl sites for hydroxylation is 1. The van der Waals surface area contributed by atoms with Crippen molar-refractivity contribution in [3.63, 3.8) is 0 Å². The Bertz CT molecular complexity index is 678. The first-order chi connectivity index (χ1) is 8.95. The fourth-order valence-corrected chi connectivity index (χ4v) is 2.56. The van der Waals surface area contributed by atoms with E-state index >= 15 is 0 Å². The van der Waals surface area contributed by atoms with E-state index in [9.17, 15) is 8.42 Å². The molecular weight excluding hydrogens is 294 g/mol. The summed E-state index contributed by atoms with van der Waals surface area (Å²) in [5.74, 6) is 0.372. The molecule has 0 aliphatic carbocycles. The molecule has 0 atom stereocenters. The largest absolute Gasteiger partial charge is 0.383 e. The van der Waals surface area contributed by atoms with Crippen molar-refractivity contribution in [2.45, 2.75) is 11.7 Å². The Kier molecular flexibility index (Phi) is 3.88. The summed E-state index contributed by atoms with van der Waals surface area (Å²) >= 11 is 0. The van der Waals surface area contributed by atoms with E-state index in [0.29, 0.717) is 18.1 Å². The van der Waals surface area contributed by atoms with E-state index in [1.165, 1.54) is 11.7 Å². The molecule has 0 aromatic carbocycles. The van der Waals surface area contributed by atoms with E-state index in [1.54, 1.807) is 24.0 Å². The molecule has 2 aromatic heterocycles. The van der Waals surface area contributed by atoms with Gasteiger partial charge in [-0.2, -0.15) is 5.10 Å². The molecule has 0 saturated carbocycles. The van der Waals surface area contributed by atoms with Crippen LogP contribution in [-0.4, -0.2) is 46.7 Å². The van der Waals surface area contributed by atoms with Crippen molar-refractivity contribution in [1.82, 2.24) is 24.5 Å². The number of rotatable bonds is 5. The molecular formula is C9H12ClN5O3S. The van der Waals surface area contributed by atoms with Crippen LogP contribution in [0.25, 0.3) is 11.5 Å². The van der Waals surface area contributed by atoms with Crippen LogP contribution in [0.2, 0.25) is 0 Å². The molecule has 0 saturated heterocycles. The van der Waals surface area contributed by atoms with Crippen molar-refractivity contribution in [3.8, 4) is 11.5 Å². The molecule has 0 aliphatic heterocycles. The molecule has 0 aliphatic rings. The third kappa shape index (κ3) is 2.77. The number of methoxy groups -OCH3 is 1. The summed E-state index contributed by atoms with van der Waals surface area (Å²) in [4.78, 5) is 0. The van der Waals surface area contributed by atoms with Crippen LogP contribution >= 0.6 is 10.7 Å². The molecule has 0 fully saturated rings. The summed E-state index contributed by atoms with van der Waals surface area (Å²) in [5.41, 5.74) is 0.634. The van der Waals surface area contributed by atoms with Gasteiger partial charge in [0.2, 0.25) is 0 Å². The fraction of sp³-hybridized carbons (Fsp3) is 0.444. The normalized spacial score (nSPS) is 11.9. The second-order valence-corrected chi connectivity index (χ2v) is 6.19. The molecule has 2 aromatic rings. The average Bonchev–Trinajstić information content (AvgIpc) is 2.90. The SMILES string of the molecule is COCCn1c(-c2ccnn2C)nnc1S(=O)(=O)Cl. The summed E-state index contributed by atoms with van der Waals surface area (Å²) in [7, 11) is 4.61. The molecule has 2 rings (SSSR count). The van der Waals surface area contributed by atoms with Crippen molar-refractivity contribution in [2.75, 3.05) is 13.7 Å².